The number of carbonyl (C=O) groups excluding carboxylic acids is 1. The lowest BCUT2D eigenvalue weighted by molar-refractivity contribution is -0.698. The van der Waals surface area contributed by atoms with Gasteiger partial charge in [-0.2, -0.15) is 0 Å². The van der Waals surface area contributed by atoms with Gasteiger partial charge in [0.25, 0.3) is 5.91 Å². The second-order valence-corrected chi connectivity index (χ2v) is 4.05. The Labute approximate surface area is 95.8 Å². The average Bonchev–Trinajstić information content (AvgIpc) is 2.24. The zero-order chi connectivity index (χ0) is 12.0. The molecule has 4 nitrogen and oxygen atoms in total. The van der Waals surface area contributed by atoms with Crippen LogP contribution in [0.2, 0.25) is 0 Å². The highest BCUT2D eigenvalue weighted by atomic mass is 16.5. The molecular weight excluding hydrogens is 204 g/mol. The van der Waals surface area contributed by atoms with Gasteiger partial charge >= 0.3 is 0 Å². The van der Waals surface area contributed by atoms with E-state index in [1.165, 1.54) is 0 Å². The molecule has 0 aromatic heterocycles. The number of hydrogen-bond acceptors (Lipinski definition) is 2. The SMILES string of the molecule is CC(C)[NH2+]Cc1ccccc1OCC(N)=O. The summed E-state index contributed by atoms with van der Waals surface area (Å²) >= 11 is 0. The fourth-order valence-corrected chi connectivity index (χ4v) is 1.32. The van der Waals surface area contributed by atoms with Crippen LogP contribution in [0.15, 0.2) is 24.3 Å². The molecule has 0 unspecified atom stereocenters. The van der Waals surface area contributed by atoms with Gasteiger partial charge in [-0.05, 0) is 26.0 Å². The Morgan fingerprint density at radius 1 is 1.44 bits per heavy atom. The summed E-state index contributed by atoms with van der Waals surface area (Å²) in [6, 6.07) is 8.22. The Bertz CT molecular complexity index is 351. The molecule has 0 atom stereocenters. The van der Waals surface area contributed by atoms with Gasteiger partial charge in [0.1, 0.15) is 12.3 Å². The molecule has 88 valence electrons. The minimum atomic E-state index is -0.456. The number of para-hydroxylation sites is 1. The highest BCUT2D eigenvalue weighted by Gasteiger charge is 2.06. The van der Waals surface area contributed by atoms with Crippen LogP contribution in [0.5, 0.6) is 5.75 Å². The van der Waals surface area contributed by atoms with Gasteiger partial charge < -0.3 is 15.8 Å². The summed E-state index contributed by atoms with van der Waals surface area (Å²) in [7, 11) is 0. The number of amides is 1. The first-order chi connectivity index (χ1) is 7.59. The molecule has 0 saturated heterocycles. The van der Waals surface area contributed by atoms with E-state index in [0.717, 1.165) is 17.9 Å². The summed E-state index contributed by atoms with van der Waals surface area (Å²) in [5.74, 6) is 0.279. The molecule has 0 bridgehead atoms. The van der Waals surface area contributed by atoms with Crippen molar-refractivity contribution < 1.29 is 14.8 Å². The van der Waals surface area contributed by atoms with Crippen molar-refractivity contribution in [2.24, 2.45) is 5.73 Å². The van der Waals surface area contributed by atoms with Crippen molar-refractivity contribution in [1.29, 1.82) is 0 Å². The summed E-state index contributed by atoms with van der Waals surface area (Å²) in [5, 5.41) is 2.20. The van der Waals surface area contributed by atoms with Crippen LogP contribution >= 0.6 is 0 Å². The van der Waals surface area contributed by atoms with Crippen LogP contribution in [0.1, 0.15) is 19.4 Å². The number of carbonyl (C=O) groups is 1. The molecule has 0 heterocycles. The molecule has 0 spiro atoms. The van der Waals surface area contributed by atoms with Crippen LogP contribution in [0.4, 0.5) is 0 Å². The number of hydrogen-bond donors (Lipinski definition) is 2. The van der Waals surface area contributed by atoms with Gasteiger partial charge in [0, 0.05) is 5.56 Å². The predicted molar refractivity (Wildman–Crippen MR) is 61.9 cm³/mol. The van der Waals surface area contributed by atoms with Crippen LogP contribution in [0.25, 0.3) is 0 Å². The fourth-order valence-electron chi connectivity index (χ4n) is 1.32. The molecule has 1 aromatic carbocycles. The van der Waals surface area contributed by atoms with Crippen molar-refractivity contribution in [3.63, 3.8) is 0 Å². The van der Waals surface area contributed by atoms with Crippen LogP contribution in [-0.4, -0.2) is 18.6 Å². The molecule has 16 heavy (non-hydrogen) atoms. The highest BCUT2D eigenvalue weighted by Crippen LogP contribution is 2.16. The van der Waals surface area contributed by atoms with Gasteiger partial charge in [-0.1, -0.05) is 12.1 Å². The van der Waals surface area contributed by atoms with Gasteiger partial charge in [0.15, 0.2) is 6.61 Å². The van der Waals surface area contributed by atoms with E-state index in [9.17, 15) is 4.79 Å². The number of rotatable bonds is 6. The second kappa shape index (κ2) is 6.12. The monoisotopic (exact) mass is 223 g/mol. The minimum Gasteiger partial charge on any atom is -0.483 e. The Morgan fingerprint density at radius 2 is 2.12 bits per heavy atom. The summed E-state index contributed by atoms with van der Waals surface area (Å²) < 4.78 is 5.34. The lowest BCUT2D eigenvalue weighted by atomic mass is 10.2. The first-order valence-electron chi connectivity index (χ1n) is 5.42. The Kier molecular flexibility index (Phi) is 4.79. The molecule has 1 rings (SSSR count). The smallest absolute Gasteiger partial charge is 0.255 e. The molecule has 0 fully saturated rings. The van der Waals surface area contributed by atoms with E-state index in [0.29, 0.717) is 6.04 Å². The molecule has 0 aliphatic heterocycles. The number of nitrogens with two attached hydrogens (primary N) is 2. The van der Waals surface area contributed by atoms with Crippen LogP contribution < -0.4 is 15.8 Å². The first kappa shape index (κ1) is 12.5. The van der Waals surface area contributed by atoms with Crippen molar-refractivity contribution in [3.05, 3.63) is 29.8 Å². The Balaban J connectivity index is 2.63. The van der Waals surface area contributed by atoms with E-state index in [1.807, 2.05) is 24.3 Å². The van der Waals surface area contributed by atoms with Crippen molar-refractivity contribution in [2.45, 2.75) is 26.4 Å². The normalized spacial score (nSPS) is 10.4. The molecule has 1 amide bonds. The molecule has 0 radical (unpaired) electrons. The quantitative estimate of drug-likeness (QED) is 0.714. The van der Waals surface area contributed by atoms with Crippen molar-refractivity contribution >= 4 is 5.91 Å². The summed E-state index contributed by atoms with van der Waals surface area (Å²) in [4.78, 5) is 10.6. The molecule has 0 saturated carbocycles. The Morgan fingerprint density at radius 3 is 2.75 bits per heavy atom. The van der Waals surface area contributed by atoms with Crippen molar-refractivity contribution in [3.8, 4) is 5.75 Å². The van der Waals surface area contributed by atoms with Crippen LogP contribution in [-0.2, 0) is 11.3 Å². The van der Waals surface area contributed by atoms with E-state index in [2.05, 4.69) is 19.2 Å². The summed E-state index contributed by atoms with van der Waals surface area (Å²) in [6.07, 6.45) is 0. The van der Waals surface area contributed by atoms with Gasteiger partial charge in [-0.15, -0.1) is 0 Å². The van der Waals surface area contributed by atoms with E-state index in [1.54, 1.807) is 0 Å². The van der Waals surface area contributed by atoms with E-state index >= 15 is 0 Å². The topological polar surface area (TPSA) is 68.9 Å². The molecule has 0 aliphatic rings. The van der Waals surface area contributed by atoms with Gasteiger partial charge in [0.2, 0.25) is 0 Å². The average molecular weight is 223 g/mol. The summed E-state index contributed by atoms with van der Waals surface area (Å²) in [5.41, 5.74) is 6.12. The molecule has 1 aromatic rings. The fraction of sp³-hybridized carbons (Fsp3) is 0.417. The lowest BCUT2D eigenvalue weighted by Gasteiger charge is -2.10. The van der Waals surface area contributed by atoms with Crippen LogP contribution in [0.3, 0.4) is 0 Å². The maximum Gasteiger partial charge on any atom is 0.255 e. The number of primary amides is 1. The third kappa shape index (κ3) is 4.31. The van der Waals surface area contributed by atoms with E-state index < -0.39 is 5.91 Å². The van der Waals surface area contributed by atoms with E-state index in [-0.39, 0.29) is 6.61 Å². The van der Waals surface area contributed by atoms with Crippen LogP contribution in [0, 0.1) is 0 Å². The molecule has 4 N–H and O–H groups in total. The number of ether oxygens (including phenoxy) is 1. The molecule has 0 aliphatic carbocycles. The third-order valence-electron chi connectivity index (χ3n) is 2.15. The second-order valence-electron chi connectivity index (χ2n) is 4.05. The van der Waals surface area contributed by atoms with Crippen molar-refractivity contribution in [2.75, 3.05) is 6.61 Å². The minimum absolute atomic E-state index is 0.0707. The van der Waals surface area contributed by atoms with Crippen molar-refractivity contribution in [1.82, 2.24) is 0 Å². The zero-order valence-corrected chi connectivity index (χ0v) is 9.77. The largest absolute Gasteiger partial charge is 0.483 e. The predicted octanol–water partition coefficient (Wildman–Crippen LogP) is 0.0225. The highest BCUT2D eigenvalue weighted by molar-refractivity contribution is 5.75. The maximum absolute atomic E-state index is 10.6. The number of benzene rings is 1. The Hall–Kier alpha value is -1.55. The molecular formula is C12H19N2O2+. The number of quaternary nitrogens is 1. The first-order valence-corrected chi connectivity index (χ1v) is 5.42. The standard InChI is InChI=1S/C12H18N2O2/c1-9(2)14-7-10-5-3-4-6-11(10)16-8-12(13)15/h3-6,9,14H,7-8H2,1-2H3,(H2,13,15)/p+1. The van der Waals surface area contributed by atoms with Gasteiger partial charge in [0.05, 0.1) is 6.04 Å². The third-order valence-corrected chi connectivity index (χ3v) is 2.15. The molecule has 4 heteroatoms. The summed E-state index contributed by atoms with van der Waals surface area (Å²) in [6.45, 7) is 5.03. The van der Waals surface area contributed by atoms with Gasteiger partial charge in [-0.3, -0.25) is 4.79 Å². The van der Waals surface area contributed by atoms with E-state index in [4.69, 9.17) is 10.5 Å². The lowest BCUT2D eigenvalue weighted by Crippen LogP contribution is -2.86. The van der Waals surface area contributed by atoms with Gasteiger partial charge in [-0.25, -0.2) is 0 Å². The maximum atomic E-state index is 10.6. The zero-order valence-electron chi connectivity index (χ0n) is 9.77.